The zero-order chi connectivity index (χ0) is 12.3. The highest BCUT2D eigenvalue weighted by Crippen LogP contribution is 2.28. The fraction of sp³-hybridized carbons (Fsp3) is 0.462. The van der Waals surface area contributed by atoms with Crippen LogP contribution in [0.15, 0.2) is 12.1 Å². The van der Waals surface area contributed by atoms with Gasteiger partial charge in [-0.15, -0.1) is 11.6 Å². The lowest BCUT2D eigenvalue weighted by Gasteiger charge is -2.16. The number of likely N-dealkylation sites (N-methyl/N-ethyl adjacent to an activating group) is 1. The molecule has 0 aliphatic carbocycles. The van der Waals surface area contributed by atoms with Crippen molar-refractivity contribution in [3.63, 3.8) is 0 Å². The van der Waals surface area contributed by atoms with Gasteiger partial charge in [0.25, 0.3) is 0 Å². The van der Waals surface area contributed by atoms with Gasteiger partial charge in [-0.1, -0.05) is 17.7 Å². The van der Waals surface area contributed by atoms with Crippen LogP contribution in [0, 0.1) is 20.8 Å². The van der Waals surface area contributed by atoms with Gasteiger partial charge in [-0.25, -0.2) is 0 Å². The molecule has 1 aromatic carbocycles. The van der Waals surface area contributed by atoms with E-state index in [4.69, 9.17) is 11.6 Å². The van der Waals surface area contributed by atoms with Crippen LogP contribution in [-0.2, 0) is 4.79 Å². The summed E-state index contributed by atoms with van der Waals surface area (Å²) in [6.07, 6.45) is 0. The average Bonchev–Trinajstić information content (AvgIpc) is 2.16. The molecule has 1 atom stereocenters. The van der Waals surface area contributed by atoms with E-state index >= 15 is 0 Å². The Kier molecular flexibility index (Phi) is 4.36. The maximum atomic E-state index is 11.7. The summed E-state index contributed by atoms with van der Waals surface area (Å²) in [5.74, 6) is -0.126. The SMILES string of the molecule is CCNC(=O)C(Cl)c1c(C)cc(C)cc1C. The van der Waals surface area contributed by atoms with Crippen molar-refractivity contribution in [1.29, 1.82) is 0 Å². The molecule has 0 heterocycles. The van der Waals surface area contributed by atoms with Crippen molar-refractivity contribution in [3.8, 4) is 0 Å². The Hall–Kier alpha value is -1.02. The van der Waals surface area contributed by atoms with E-state index in [1.807, 2.05) is 27.7 Å². The fourth-order valence-electron chi connectivity index (χ4n) is 1.99. The van der Waals surface area contributed by atoms with Crippen molar-refractivity contribution in [2.75, 3.05) is 6.54 Å². The number of nitrogens with one attached hydrogen (secondary N) is 1. The second-order valence-corrected chi connectivity index (χ2v) is 4.51. The summed E-state index contributed by atoms with van der Waals surface area (Å²) < 4.78 is 0. The minimum Gasteiger partial charge on any atom is -0.355 e. The number of amides is 1. The number of alkyl halides is 1. The first-order valence-corrected chi connectivity index (χ1v) is 5.90. The highest BCUT2D eigenvalue weighted by molar-refractivity contribution is 6.31. The molecule has 0 bridgehead atoms. The minimum atomic E-state index is -0.597. The molecule has 0 saturated carbocycles. The van der Waals surface area contributed by atoms with Crippen molar-refractivity contribution < 1.29 is 4.79 Å². The molecule has 0 aromatic heterocycles. The van der Waals surface area contributed by atoms with Crippen LogP contribution in [0.1, 0.15) is 34.6 Å². The summed E-state index contributed by atoms with van der Waals surface area (Å²) in [6.45, 7) is 8.51. The molecule has 0 saturated heterocycles. The largest absolute Gasteiger partial charge is 0.355 e. The quantitative estimate of drug-likeness (QED) is 0.808. The number of carbonyl (C=O) groups is 1. The second kappa shape index (κ2) is 5.35. The maximum absolute atomic E-state index is 11.7. The van der Waals surface area contributed by atoms with E-state index in [-0.39, 0.29) is 5.91 Å². The van der Waals surface area contributed by atoms with E-state index in [0.717, 1.165) is 16.7 Å². The van der Waals surface area contributed by atoms with Gasteiger partial charge in [0.05, 0.1) is 0 Å². The molecule has 0 fully saturated rings. The normalized spacial score (nSPS) is 12.3. The van der Waals surface area contributed by atoms with Crippen LogP contribution in [0.25, 0.3) is 0 Å². The van der Waals surface area contributed by atoms with Gasteiger partial charge in [0.2, 0.25) is 5.91 Å². The molecule has 2 nitrogen and oxygen atoms in total. The van der Waals surface area contributed by atoms with Crippen LogP contribution < -0.4 is 5.32 Å². The van der Waals surface area contributed by atoms with Gasteiger partial charge in [0.1, 0.15) is 5.38 Å². The highest BCUT2D eigenvalue weighted by Gasteiger charge is 2.20. The number of hydrogen-bond acceptors (Lipinski definition) is 1. The van der Waals surface area contributed by atoms with Gasteiger partial charge in [-0.3, -0.25) is 4.79 Å². The predicted octanol–water partition coefficient (Wildman–Crippen LogP) is 3.03. The smallest absolute Gasteiger partial charge is 0.242 e. The van der Waals surface area contributed by atoms with Crippen LogP contribution in [0.4, 0.5) is 0 Å². The van der Waals surface area contributed by atoms with Crippen molar-refractivity contribution >= 4 is 17.5 Å². The zero-order valence-corrected chi connectivity index (χ0v) is 11.0. The minimum absolute atomic E-state index is 0.126. The summed E-state index contributed by atoms with van der Waals surface area (Å²) in [6, 6.07) is 4.11. The van der Waals surface area contributed by atoms with E-state index in [9.17, 15) is 4.79 Å². The molecular weight excluding hydrogens is 222 g/mol. The van der Waals surface area contributed by atoms with E-state index in [1.54, 1.807) is 0 Å². The third-order valence-electron chi connectivity index (χ3n) is 2.57. The topological polar surface area (TPSA) is 29.1 Å². The van der Waals surface area contributed by atoms with Crippen molar-refractivity contribution in [1.82, 2.24) is 5.32 Å². The molecule has 0 aliphatic rings. The second-order valence-electron chi connectivity index (χ2n) is 4.07. The Balaban J connectivity index is 3.08. The Bertz CT molecular complexity index is 378. The van der Waals surface area contributed by atoms with Gasteiger partial charge < -0.3 is 5.32 Å². The van der Waals surface area contributed by atoms with Crippen LogP contribution in [0.2, 0.25) is 0 Å². The highest BCUT2D eigenvalue weighted by atomic mass is 35.5. The third-order valence-corrected chi connectivity index (χ3v) is 2.99. The van der Waals surface area contributed by atoms with E-state index in [2.05, 4.69) is 17.4 Å². The molecule has 0 spiro atoms. The van der Waals surface area contributed by atoms with Crippen molar-refractivity contribution in [2.24, 2.45) is 0 Å². The molecule has 0 radical (unpaired) electrons. The molecule has 1 rings (SSSR count). The first-order chi connectivity index (χ1) is 7.47. The van der Waals surface area contributed by atoms with Crippen LogP contribution in [-0.4, -0.2) is 12.5 Å². The Morgan fingerprint density at radius 2 is 1.81 bits per heavy atom. The zero-order valence-electron chi connectivity index (χ0n) is 10.2. The summed E-state index contributed by atoms with van der Waals surface area (Å²) in [5.41, 5.74) is 4.27. The summed E-state index contributed by atoms with van der Waals surface area (Å²) in [4.78, 5) is 11.7. The number of benzene rings is 1. The van der Waals surface area contributed by atoms with E-state index < -0.39 is 5.38 Å². The molecule has 0 aliphatic heterocycles. The Labute approximate surface area is 102 Å². The summed E-state index contributed by atoms with van der Waals surface area (Å²) in [5, 5.41) is 2.15. The third kappa shape index (κ3) is 2.76. The van der Waals surface area contributed by atoms with Crippen molar-refractivity contribution in [3.05, 3.63) is 34.4 Å². The predicted molar refractivity (Wildman–Crippen MR) is 67.9 cm³/mol. The molecule has 16 heavy (non-hydrogen) atoms. The lowest BCUT2D eigenvalue weighted by molar-refractivity contribution is -0.120. The molecule has 1 unspecified atom stereocenters. The van der Waals surface area contributed by atoms with E-state index in [0.29, 0.717) is 6.54 Å². The lowest BCUT2D eigenvalue weighted by atomic mass is 9.97. The number of hydrogen-bond donors (Lipinski definition) is 1. The number of rotatable bonds is 3. The summed E-state index contributed by atoms with van der Waals surface area (Å²) in [7, 11) is 0. The number of carbonyl (C=O) groups excluding carboxylic acids is 1. The standard InChI is InChI=1S/C13H18ClNO/c1-5-15-13(16)12(14)11-9(3)6-8(2)7-10(11)4/h6-7,12H,5H2,1-4H3,(H,15,16). The van der Waals surface area contributed by atoms with Crippen molar-refractivity contribution in [2.45, 2.75) is 33.1 Å². The fourth-order valence-corrected chi connectivity index (χ4v) is 2.41. The van der Waals surface area contributed by atoms with E-state index in [1.165, 1.54) is 5.56 Å². The molecular formula is C13H18ClNO. The average molecular weight is 240 g/mol. The summed E-state index contributed by atoms with van der Waals surface area (Å²) >= 11 is 6.19. The Morgan fingerprint density at radius 3 is 2.25 bits per heavy atom. The first-order valence-electron chi connectivity index (χ1n) is 5.47. The molecule has 1 amide bonds. The van der Waals surface area contributed by atoms with Gasteiger partial charge in [0, 0.05) is 6.54 Å². The van der Waals surface area contributed by atoms with Crippen LogP contribution in [0.5, 0.6) is 0 Å². The Morgan fingerprint density at radius 1 is 1.31 bits per heavy atom. The first kappa shape index (κ1) is 13.0. The van der Waals surface area contributed by atoms with Crippen LogP contribution in [0.3, 0.4) is 0 Å². The monoisotopic (exact) mass is 239 g/mol. The number of halogens is 1. The molecule has 1 N–H and O–H groups in total. The molecule has 88 valence electrons. The number of aryl methyl sites for hydroxylation is 3. The van der Waals surface area contributed by atoms with Gasteiger partial charge >= 0.3 is 0 Å². The molecule has 1 aromatic rings. The maximum Gasteiger partial charge on any atom is 0.242 e. The molecule has 3 heteroatoms. The van der Waals surface area contributed by atoms with Gasteiger partial charge in [-0.05, 0) is 44.4 Å². The van der Waals surface area contributed by atoms with Gasteiger partial charge in [0.15, 0.2) is 0 Å². The van der Waals surface area contributed by atoms with Crippen LogP contribution >= 0.6 is 11.6 Å². The lowest BCUT2D eigenvalue weighted by Crippen LogP contribution is -2.27. The van der Waals surface area contributed by atoms with Gasteiger partial charge in [-0.2, -0.15) is 0 Å².